The molecule has 1 aliphatic rings. The van der Waals surface area contributed by atoms with E-state index in [1.807, 2.05) is 0 Å². The zero-order valence-corrected chi connectivity index (χ0v) is 15.1. The number of carbonyl (C=O) groups excluding carboxylic acids is 1. The fourth-order valence-corrected chi connectivity index (χ4v) is 4.23. The van der Waals surface area contributed by atoms with Crippen molar-refractivity contribution in [3.63, 3.8) is 0 Å². The van der Waals surface area contributed by atoms with Crippen LogP contribution < -0.4 is 10.0 Å². The first-order chi connectivity index (χ1) is 12.2. The molecule has 2 rings (SSSR count). The number of amides is 1. The molecule has 9 heteroatoms. The molecule has 0 aromatic heterocycles. The Hall–Kier alpha value is -1.61. The molecule has 1 saturated carbocycles. The summed E-state index contributed by atoms with van der Waals surface area (Å²) in [5.41, 5.74) is -0.0286. The molecule has 1 fully saturated rings. The van der Waals surface area contributed by atoms with Crippen LogP contribution in [0.15, 0.2) is 29.2 Å². The van der Waals surface area contributed by atoms with Crippen LogP contribution in [0, 0.1) is 0 Å². The fourth-order valence-electron chi connectivity index (χ4n) is 2.93. The van der Waals surface area contributed by atoms with Gasteiger partial charge in [0.25, 0.3) is 5.91 Å². The van der Waals surface area contributed by atoms with E-state index in [0.29, 0.717) is 0 Å². The average molecular weight is 392 g/mol. The van der Waals surface area contributed by atoms with E-state index in [-0.39, 0.29) is 16.5 Å². The highest BCUT2D eigenvalue weighted by molar-refractivity contribution is 7.89. The Morgan fingerprint density at radius 2 is 1.54 bits per heavy atom. The molecule has 0 aliphatic heterocycles. The predicted octanol–water partition coefficient (Wildman–Crippen LogP) is 3.37. The van der Waals surface area contributed by atoms with Gasteiger partial charge in [0.2, 0.25) is 10.0 Å². The maximum Gasteiger partial charge on any atom is 0.405 e. The van der Waals surface area contributed by atoms with Crippen LogP contribution in [0.5, 0.6) is 0 Å². The van der Waals surface area contributed by atoms with Crippen molar-refractivity contribution in [1.82, 2.24) is 10.0 Å². The summed E-state index contributed by atoms with van der Waals surface area (Å²) in [7, 11) is -3.73. The Labute approximate surface area is 151 Å². The zero-order chi connectivity index (χ0) is 19.2. The minimum Gasteiger partial charge on any atom is -0.343 e. The van der Waals surface area contributed by atoms with Crippen LogP contribution in [-0.4, -0.2) is 33.1 Å². The lowest BCUT2D eigenvalue weighted by atomic mass is 9.97. The normalized spacial score (nSPS) is 17.3. The SMILES string of the molecule is O=C(NCC(F)(F)F)c1ccc(S(=O)(=O)NC2CCCCCCC2)cc1. The number of hydrogen-bond donors (Lipinski definition) is 2. The molecule has 0 bridgehead atoms. The van der Waals surface area contributed by atoms with Gasteiger partial charge in [-0.25, -0.2) is 13.1 Å². The standard InChI is InChI=1S/C17H23F3N2O3S/c18-17(19,20)12-21-16(23)13-8-10-15(11-9-13)26(24,25)22-14-6-4-2-1-3-5-7-14/h8-11,14,22H,1-7,12H2,(H,21,23). The van der Waals surface area contributed by atoms with Crippen LogP contribution in [-0.2, 0) is 10.0 Å². The van der Waals surface area contributed by atoms with Gasteiger partial charge in [0.15, 0.2) is 0 Å². The topological polar surface area (TPSA) is 75.3 Å². The van der Waals surface area contributed by atoms with E-state index in [1.54, 1.807) is 5.32 Å². The van der Waals surface area contributed by atoms with Crippen LogP contribution in [0.4, 0.5) is 13.2 Å². The third-order valence-electron chi connectivity index (χ3n) is 4.30. The Morgan fingerprint density at radius 3 is 2.08 bits per heavy atom. The van der Waals surface area contributed by atoms with Crippen molar-refractivity contribution >= 4 is 15.9 Å². The third kappa shape index (κ3) is 6.60. The maximum atomic E-state index is 12.5. The van der Waals surface area contributed by atoms with Gasteiger partial charge in [0.05, 0.1) is 4.90 Å². The highest BCUT2D eigenvalue weighted by Gasteiger charge is 2.28. The first kappa shape index (κ1) is 20.7. The number of carbonyl (C=O) groups is 1. The highest BCUT2D eigenvalue weighted by atomic mass is 32.2. The molecule has 5 nitrogen and oxygen atoms in total. The van der Waals surface area contributed by atoms with Gasteiger partial charge >= 0.3 is 6.18 Å². The van der Waals surface area contributed by atoms with Gasteiger partial charge in [-0.15, -0.1) is 0 Å². The number of benzene rings is 1. The number of sulfonamides is 1. The van der Waals surface area contributed by atoms with E-state index >= 15 is 0 Å². The second-order valence-corrected chi connectivity index (χ2v) is 8.20. The molecule has 1 amide bonds. The van der Waals surface area contributed by atoms with E-state index in [0.717, 1.165) is 38.5 Å². The molecule has 0 saturated heterocycles. The Kier molecular flexibility index (Phi) is 7.05. The Morgan fingerprint density at radius 1 is 1.00 bits per heavy atom. The number of alkyl halides is 3. The van der Waals surface area contributed by atoms with E-state index in [4.69, 9.17) is 0 Å². The van der Waals surface area contributed by atoms with Gasteiger partial charge in [-0.2, -0.15) is 13.2 Å². The molecule has 146 valence electrons. The van der Waals surface area contributed by atoms with Crippen LogP contribution >= 0.6 is 0 Å². The molecule has 0 atom stereocenters. The van der Waals surface area contributed by atoms with Crippen LogP contribution in [0.2, 0.25) is 0 Å². The Balaban J connectivity index is 2.00. The van der Waals surface area contributed by atoms with E-state index in [1.165, 1.54) is 30.7 Å². The van der Waals surface area contributed by atoms with Gasteiger partial charge in [0, 0.05) is 11.6 Å². The summed E-state index contributed by atoms with van der Waals surface area (Å²) in [6.07, 6.45) is 2.41. The van der Waals surface area contributed by atoms with Gasteiger partial charge < -0.3 is 5.32 Å². The van der Waals surface area contributed by atoms with E-state index < -0.39 is 28.7 Å². The molecule has 2 N–H and O–H groups in total. The fraction of sp³-hybridized carbons (Fsp3) is 0.588. The second-order valence-electron chi connectivity index (χ2n) is 6.49. The smallest absolute Gasteiger partial charge is 0.343 e. The van der Waals surface area contributed by atoms with Crippen molar-refractivity contribution in [2.24, 2.45) is 0 Å². The van der Waals surface area contributed by atoms with E-state index in [9.17, 15) is 26.4 Å². The van der Waals surface area contributed by atoms with Gasteiger partial charge in [0.1, 0.15) is 6.54 Å². The van der Waals surface area contributed by atoms with Crippen molar-refractivity contribution in [2.75, 3.05) is 6.54 Å². The molecular weight excluding hydrogens is 369 g/mol. The molecule has 26 heavy (non-hydrogen) atoms. The highest BCUT2D eigenvalue weighted by Crippen LogP contribution is 2.20. The lowest BCUT2D eigenvalue weighted by Gasteiger charge is -2.21. The van der Waals surface area contributed by atoms with Crippen molar-refractivity contribution in [2.45, 2.75) is 62.1 Å². The van der Waals surface area contributed by atoms with Gasteiger partial charge in [-0.3, -0.25) is 4.79 Å². The summed E-state index contributed by atoms with van der Waals surface area (Å²) in [6.45, 7) is -1.44. The monoisotopic (exact) mass is 392 g/mol. The molecule has 1 aromatic carbocycles. The maximum absolute atomic E-state index is 12.5. The van der Waals surface area contributed by atoms with Crippen LogP contribution in [0.3, 0.4) is 0 Å². The largest absolute Gasteiger partial charge is 0.405 e. The molecule has 0 spiro atoms. The van der Waals surface area contributed by atoms with Crippen molar-refractivity contribution < 1.29 is 26.4 Å². The number of nitrogens with one attached hydrogen (secondary N) is 2. The quantitative estimate of drug-likeness (QED) is 0.807. The molecule has 0 heterocycles. The lowest BCUT2D eigenvalue weighted by molar-refractivity contribution is -0.123. The van der Waals surface area contributed by atoms with Crippen LogP contribution in [0.1, 0.15) is 55.3 Å². The van der Waals surface area contributed by atoms with Crippen molar-refractivity contribution in [3.05, 3.63) is 29.8 Å². The summed E-state index contributed by atoms with van der Waals surface area (Å²) in [5.74, 6) is -0.903. The van der Waals surface area contributed by atoms with Crippen LogP contribution in [0.25, 0.3) is 0 Å². The average Bonchev–Trinajstić information content (AvgIpc) is 2.54. The third-order valence-corrected chi connectivity index (χ3v) is 5.84. The van der Waals surface area contributed by atoms with Gasteiger partial charge in [-0.1, -0.05) is 32.1 Å². The number of hydrogen-bond acceptors (Lipinski definition) is 3. The lowest BCUT2D eigenvalue weighted by Crippen LogP contribution is -2.35. The van der Waals surface area contributed by atoms with Crippen molar-refractivity contribution in [3.8, 4) is 0 Å². The molecule has 1 aromatic rings. The minimum absolute atomic E-state index is 0.00747. The minimum atomic E-state index is -4.50. The molecule has 0 unspecified atom stereocenters. The van der Waals surface area contributed by atoms with Gasteiger partial charge in [-0.05, 0) is 37.1 Å². The van der Waals surface area contributed by atoms with E-state index in [2.05, 4.69) is 4.72 Å². The number of rotatable bonds is 5. The van der Waals surface area contributed by atoms with Crippen molar-refractivity contribution in [1.29, 1.82) is 0 Å². The molecule has 1 aliphatic carbocycles. The molecular formula is C17H23F3N2O3S. The summed E-state index contributed by atoms with van der Waals surface area (Å²) in [4.78, 5) is 11.7. The predicted molar refractivity (Wildman–Crippen MR) is 91.3 cm³/mol. The first-order valence-corrected chi connectivity index (χ1v) is 10.1. The zero-order valence-electron chi connectivity index (χ0n) is 14.3. The second kappa shape index (κ2) is 8.85. The summed E-state index contributed by atoms with van der Waals surface area (Å²) < 4.78 is 64.0. The summed E-state index contributed by atoms with van der Waals surface area (Å²) in [5, 5.41) is 1.75. The molecule has 0 radical (unpaired) electrons. The first-order valence-electron chi connectivity index (χ1n) is 8.65. The number of halogens is 3. The Bertz CT molecular complexity index is 695. The summed E-state index contributed by atoms with van der Waals surface area (Å²) in [6, 6.07) is 4.76. The summed E-state index contributed by atoms with van der Waals surface area (Å²) >= 11 is 0.